The highest BCUT2D eigenvalue weighted by atomic mass is 19.1. The van der Waals surface area contributed by atoms with E-state index in [1.807, 2.05) is 0 Å². The minimum Gasteiger partial charge on any atom is -0.482 e. The quantitative estimate of drug-likeness (QED) is 0.610. The molecule has 3 heteroatoms. The lowest BCUT2D eigenvalue weighted by Gasteiger charge is -1.93. The standard InChI is InChI=1S/C6H8FNO/c1-4-5(7)3-8-6(4)9-2/h3,8H,1-2H3. The third-order valence-corrected chi connectivity index (χ3v) is 1.23. The van der Waals surface area contributed by atoms with Gasteiger partial charge in [0.15, 0.2) is 5.88 Å². The Morgan fingerprint density at radius 1 is 1.67 bits per heavy atom. The van der Waals surface area contributed by atoms with E-state index >= 15 is 0 Å². The van der Waals surface area contributed by atoms with Crippen molar-refractivity contribution in [1.29, 1.82) is 0 Å². The van der Waals surface area contributed by atoms with Gasteiger partial charge in [0, 0.05) is 11.8 Å². The van der Waals surface area contributed by atoms with Crippen molar-refractivity contribution in [3.8, 4) is 5.88 Å². The first-order chi connectivity index (χ1) is 4.25. The van der Waals surface area contributed by atoms with Gasteiger partial charge in [0.1, 0.15) is 5.82 Å². The van der Waals surface area contributed by atoms with E-state index in [9.17, 15) is 4.39 Å². The van der Waals surface area contributed by atoms with Gasteiger partial charge in [-0.05, 0) is 6.92 Å². The predicted molar refractivity (Wildman–Crippen MR) is 32.0 cm³/mol. The van der Waals surface area contributed by atoms with Gasteiger partial charge >= 0.3 is 0 Å². The lowest BCUT2D eigenvalue weighted by atomic mass is 10.4. The van der Waals surface area contributed by atoms with Crippen LogP contribution in [0.2, 0.25) is 0 Å². The summed E-state index contributed by atoms with van der Waals surface area (Å²) in [5.41, 5.74) is 0.525. The van der Waals surface area contributed by atoms with Crippen molar-refractivity contribution in [2.24, 2.45) is 0 Å². The summed E-state index contributed by atoms with van der Waals surface area (Å²) >= 11 is 0. The molecule has 0 atom stereocenters. The van der Waals surface area contributed by atoms with E-state index in [0.29, 0.717) is 11.4 Å². The van der Waals surface area contributed by atoms with Crippen LogP contribution in [0.5, 0.6) is 5.88 Å². The van der Waals surface area contributed by atoms with Gasteiger partial charge in [-0.25, -0.2) is 4.39 Å². The van der Waals surface area contributed by atoms with Gasteiger partial charge in [0.25, 0.3) is 0 Å². The second-order valence-corrected chi connectivity index (χ2v) is 1.79. The molecule has 1 aromatic rings. The molecular formula is C6H8FNO. The van der Waals surface area contributed by atoms with Crippen molar-refractivity contribution < 1.29 is 9.13 Å². The second-order valence-electron chi connectivity index (χ2n) is 1.79. The number of aromatic amines is 1. The molecule has 0 saturated carbocycles. The van der Waals surface area contributed by atoms with E-state index in [-0.39, 0.29) is 5.82 Å². The first-order valence-electron chi connectivity index (χ1n) is 2.63. The first kappa shape index (κ1) is 6.13. The molecule has 0 aromatic carbocycles. The zero-order valence-corrected chi connectivity index (χ0v) is 5.36. The zero-order chi connectivity index (χ0) is 6.85. The Bertz CT molecular complexity index is 207. The number of halogens is 1. The SMILES string of the molecule is COc1[nH]cc(F)c1C. The fourth-order valence-electron chi connectivity index (χ4n) is 0.666. The van der Waals surface area contributed by atoms with Crippen LogP contribution in [0.25, 0.3) is 0 Å². The minimum absolute atomic E-state index is 0.258. The molecule has 50 valence electrons. The molecule has 0 bridgehead atoms. The molecule has 0 aliphatic carbocycles. The zero-order valence-electron chi connectivity index (χ0n) is 5.36. The molecule has 0 radical (unpaired) electrons. The maximum Gasteiger partial charge on any atom is 0.196 e. The molecule has 0 fully saturated rings. The average molecular weight is 129 g/mol. The van der Waals surface area contributed by atoms with Crippen LogP contribution >= 0.6 is 0 Å². The number of nitrogens with one attached hydrogen (secondary N) is 1. The van der Waals surface area contributed by atoms with Crippen LogP contribution in [-0.2, 0) is 0 Å². The smallest absolute Gasteiger partial charge is 0.196 e. The molecule has 0 amide bonds. The highest BCUT2D eigenvalue weighted by molar-refractivity contribution is 5.25. The van der Waals surface area contributed by atoms with Crippen LogP contribution in [0, 0.1) is 12.7 Å². The van der Waals surface area contributed by atoms with E-state index in [1.54, 1.807) is 6.92 Å². The summed E-state index contributed by atoms with van der Waals surface area (Å²) in [7, 11) is 1.50. The third kappa shape index (κ3) is 0.896. The number of rotatable bonds is 1. The molecule has 1 rings (SSSR count). The number of hydrogen-bond acceptors (Lipinski definition) is 1. The summed E-state index contributed by atoms with van der Waals surface area (Å²) in [5, 5.41) is 0. The lowest BCUT2D eigenvalue weighted by Crippen LogP contribution is -1.83. The molecule has 1 N–H and O–H groups in total. The Hall–Kier alpha value is -0.990. The molecular weight excluding hydrogens is 121 g/mol. The molecule has 0 aliphatic rings. The van der Waals surface area contributed by atoms with E-state index < -0.39 is 0 Å². The third-order valence-electron chi connectivity index (χ3n) is 1.23. The van der Waals surface area contributed by atoms with E-state index in [4.69, 9.17) is 4.74 Å². The summed E-state index contributed by atoms with van der Waals surface area (Å²) in [4.78, 5) is 2.63. The number of aromatic nitrogens is 1. The summed E-state index contributed by atoms with van der Waals surface area (Å²) < 4.78 is 17.2. The van der Waals surface area contributed by atoms with Crippen LogP contribution in [0.15, 0.2) is 6.20 Å². The van der Waals surface area contributed by atoms with Crippen LogP contribution in [0.3, 0.4) is 0 Å². The van der Waals surface area contributed by atoms with Crippen molar-refractivity contribution in [3.05, 3.63) is 17.6 Å². The maximum absolute atomic E-state index is 12.4. The van der Waals surface area contributed by atoms with E-state index in [2.05, 4.69) is 4.98 Å². The molecule has 2 nitrogen and oxygen atoms in total. The van der Waals surface area contributed by atoms with Crippen LogP contribution in [0.1, 0.15) is 5.56 Å². The Morgan fingerprint density at radius 2 is 2.33 bits per heavy atom. The van der Waals surface area contributed by atoms with Crippen molar-refractivity contribution in [2.45, 2.75) is 6.92 Å². The molecule has 1 heterocycles. The topological polar surface area (TPSA) is 25.0 Å². The molecule has 0 saturated heterocycles. The Kier molecular flexibility index (Phi) is 1.42. The van der Waals surface area contributed by atoms with Gasteiger partial charge in [-0.1, -0.05) is 0 Å². The molecule has 1 aromatic heterocycles. The largest absolute Gasteiger partial charge is 0.482 e. The fourth-order valence-corrected chi connectivity index (χ4v) is 0.666. The maximum atomic E-state index is 12.4. The molecule has 0 aliphatic heterocycles. The van der Waals surface area contributed by atoms with Crippen LogP contribution in [0.4, 0.5) is 4.39 Å². The van der Waals surface area contributed by atoms with Gasteiger partial charge < -0.3 is 9.72 Å². The number of H-pyrrole nitrogens is 1. The molecule has 9 heavy (non-hydrogen) atoms. The molecule has 0 unspecified atom stereocenters. The second kappa shape index (κ2) is 2.09. The first-order valence-corrected chi connectivity index (χ1v) is 2.63. The van der Waals surface area contributed by atoms with Gasteiger partial charge in [-0.2, -0.15) is 0 Å². The fraction of sp³-hybridized carbons (Fsp3) is 0.333. The van der Waals surface area contributed by atoms with Gasteiger partial charge in [-0.3, -0.25) is 0 Å². The summed E-state index contributed by atoms with van der Waals surface area (Å²) in [5.74, 6) is 0.236. The highest BCUT2D eigenvalue weighted by Crippen LogP contribution is 2.16. The van der Waals surface area contributed by atoms with Crippen molar-refractivity contribution >= 4 is 0 Å². The normalized spacial score (nSPS) is 9.67. The summed E-state index contributed by atoms with van der Waals surface area (Å²) in [6.45, 7) is 1.66. The molecule has 0 spiro atoms. The van der Waals surface area contributed by atoms with Gasteiger partial charge in [0.05, 0.1) is 7.11 Å². The van der Waals surface area contributed by atoms with Crippen LogP contribution < -0.4 is 4.74 Å². The van der Waals surface area contributed by atoms with Crippen molar-refractivity contribution in [2.75, 3.05) is 7.11 Å². The Balaban J connectivity index is 3.04. The number of methoxy groups -OCH3 is 1. The average Bonchev–Trinajstić information content (AvgIpc) is 2.15. The van der Waals surface area contributed by atoms with E-state index in [0.717, 1.165) is 0 Å². The Labute approximate surface area is 52.6 Å². The summed E-state index contributed by atoms with van der Waals surface area (Å²) in [6, 6.07) is 0. The minimum atomic E-state index is -0.258. The Morgan fingerprint density at radius 3 is 2.56 bits per heavy atom. The summed E-state index contributed by atoms with van der Waals surface area (Å²) in [6.07, 6.45) is 1.27. The number of ether oxygens (including phenoxy) is 1. The van der Waals surface area contributed by atoms with Crippen molar-refractivity contribution in [1.82, 2.24) is 4.98 Å². The van der Waals surface area contributed by atoms with E-state index in [1.165, 1.54) is 13.3 Å². The van der Waals surface area contributed by atoms with Crippen LogP contribution in [-0.4, -0.2) is 12.1 Å². The van der Waals surface area contributed by atoms with Gasteiger partial charge in [0.2, 0.25) is 0 Å². The van der Waals surface area contributed by atoms with Crippen molar-refractivity contribution in [3.63, 3.8) is 0 Å². The monoisotopic (exact) mass is 129 g/mol. The number of hydrogen-bond donors (Lipinski definition) is 1. The van der Waals surface area contributed by atoms with Gasteiger partial charge in [-0.15, -0.1) is 0 Å². The highest BCUT2D eigenvalue weighted by Gasteiger charge is 2.03. The lowest BCUT2D eigenvalue weighted by molar-refractivity contribution is 0.396. The predicted octanol–water partition coefficient (Wildman–Crippen LogP) is 1.47.